The van der Waals surface area contributed by atoms with Crippen molar-refractivity contribution in [2.45, 2.75) is 27.7 Å². The number of allylic oxidation sites excluding steroid dienone is 2. The van der Waals surface area contributed by atoms with Crippen LogP contribution in [-0.2, 0) is 14.3 Å². The number of benzene rings is 1. The van der Waals surface area contributed by atoms with E-state index in [2.05, 4.69) is 15.9 Å². The molecule has 6 nitrogen and oxygen atoms in total. The molecule has 1 aliphatic carbocycles. The lowest BCUT2D eigenvalue weighted by atomic mass is 9.92. The summed E-state index contributed by atoms with van der Waals surface area (Å²) in [4.78, 5) is 36.1. The molecule has 2 rings (SSSR count). The van der Waals surface area contributed by atoms with Crippen molar-refractivity contribution in [3.8, 4) is 11.5 Å². The van der Waals surface area contributed by atoms with Crippen LogP contribution in [0.1, 0.15) is 35.3 Å². The monoisotopic (exact) mass is 422 g/mol. The lowest BCUT2D eigenvalue weighted by Gasteiger charge is -2.23. The van der Waals surface area contributed by atoms with Crippen LogP contribution in [0.2, 0.25) is 0 Å². The van der Waals surface area contributed by atoms with Gasteiger partial charge in [0, 0.05) is 6.08 Å². The molecule has 0 radical (unpaired) electrons. The largest absolute Gasteiger partial charge is 0.506 e. The van der Waals surface area contributed by atoms with Gasteiger partial charge < -0.3 is 14.6 Å². The number of carbonyl (C=O) groups excluding carboxylic acids is 3. The van der Waals surface area contributed by atoms with Crippen LogP contribution in [0.5, 0.6) is 11.5 Å². The summed E-state index contributed by atoms with van der Waals surface area (Å²) in [6, 6.07) is 0. The Morgan fingerprint density at radius 2 is 1.77 bits per heavy atom. The zero-order valence-electron chi connectivity index (χ0n) is 15.1. The van der Waals surface area contributed by atoms with E-state index in [1.165, 1.54) is 26.2 Å². The van der Waals surface area contributed by atoms with Crippen LogP contribution in [0.25, 0.3) is 0 Å². The molecule has 0 aromatic heterocycles. The van der Waals surface area contributed by atoms with Crippen LogP contribution in [0.3, 0.4) is 0 Å². The number of ether oxygens (including phenoxy) is 2. The Hall–Kier alpha value is -2.41. The molecule has 0 amide bonds. The summed E-state index contributed by atoms with van der Waals surface area (Å²) in [5.74, 6) is -2.05. The number of phenolic OH excluding ortho intramolecular Hbond substituents is 1. The third-order valence-electron chi connectivity index (χ3n) is 4.34. The molecule has 138 valence electrons. The number of phenols is 1. The Morgan fingerprint density at radius 3 is 2.31 bits per heavy atom. The molecule has 0 spiro atoms. The lowest BCUT2D eigenvalue weighted by Crippen LogP contribution is -2.27. The van der Waals surface area contributed by atoms with Crippen molar-refractivity contribution in [3.05, 3.63) is 44.6 Å². The molecule has 0 bridgehead atoms. The summed E-state index contributed by atoms with van der Waals surface area (Å²) in [5, 5.41) is 10.3. The van der Waals surface area contributed by atoms with E-state index >= 15 is 0 Å². The third kappa shape index (κ3) is 3.44. The van der Waals surface area contributed by atoms with Gasteiger partial charge in [0.05, 0.1) is 12.7 Å². The van der Waals surface area contributed by atoms with Crippen molar-refractivity contribution in [3.63, 3.8) is 0 Å². The number of rotatable bonds is 4. The maximum absolute atomic E-state index is 12.7. The molecule has 1 atom stereocenters. The standard InChI is InChI=1S/C19H19BrO6/c1-8-6-12(22)7-13(25-5)14(8)19(24)26-18-10(3)9(2)15(11(4)21)17(23)16(18)20/h6-7,14,23H,1-5H3. The highest BCUT2D eigenvalue weighted by molar-refractivity contribution is 9.10. The number of hydrogen-bond donors (Lipinski definition) is 1. The summed E-state index contributed by atoms with van der Waals surface area (Å²) >= 11 is 3.20. The van der Waals surface area contributed by atoms with Crippen LogP contribution < -0.4 is 4.74 Å². The SMILES string of the molecule is COC1=CC(=O)C=C(C)C1C(=O)Oc1c(C)c(C)c(C(C)=O)c(O)c1Br. The van der Waals surface area contributed by atoms with Crippen molar-refractivity contribution >= 4 is 33.5 Å². The van der Waals surface area contributed by atoms with Crippen molar-refractivity contribution in [1.82, 2.24) is 0 Å². The molecular formula is C19H19BrO6. The fraction of sp³-hybridized carbons (Fsp3) is 0.316. The molecule has 7 heteroatoms. The number of hydrogen-bond acceptors (Lipinski definition) is 6. The average Bonchev–Trinajstić information content (AvgIpc) is 2.55. The molecular weight excluding hydrogens is 404 g/mol. The Balaban J connectivity index is 2.48. The molecule has 1 aliphatic rings. The second-order valence-electron chi connectivity index (χ2n) is 6.07. The molecule has 1 N–H and O–H groups in total. The van der Waals surface area contributed by atoms with Gasteiger partial charge in [-0.25, -0.2) is 0 Å². The van der Waals surface area contributed by atoms with Crippen LogP contribution in [0.4, 0.5) is 0 Å². The summed E-state index contributed by atoms with van der Waals surface area (Å²) < 4.78 is 10.8. The number of aromatic hydroxyl groups is 1. The molecule has 1 aromatic carbocycles. The van der Waals surface area contributed by atoms with E-state index in [1.807, 2.05) is 0 Å². The molecule has 26 heavy (non-hydrogen) atoms. The number of methoxy groups -OCH3 is 1. The van der Waals surface area contributed by atoms with Gasteiger partial charge in [-0.3, -0.25) is 14.4 Å². The fourth-order valence-corrected chi connectivity index (χ4v) is 3.48. The first-order valence-corrected chi connectivity index (χ1v) is 8.61. The quantitative estimate of drug-likeness (QED) is 0.453. The number of Topliss-reactive ketones (excluding diaryl/α,β-unsaturated/α-hetero) is 1. The number of esters is 1. The Labute approximate surface area is 159 Å². The lowest BCUT2D eigenvalue weighted by molar-refractivity contribution is -0.137. The summed E-state index contributed by atoms with van der Waals surface area (Å²) in [7, 11) is 1.37. The average molecular weight is 423 g/mol. The van der Waals surface area contributed by atoms with Gasteiger partial charge in [0.25, 0.3) is 0 Å². The topological polar surface area (TPSA) is 89.9 Å². The van der Waals surface area contributed by atoms with Crippen LogP contribution in [-0.4, -0.2) is 29.8 Å². The molecule has 1 unspecified atom stereocenters. The molecule has 1 aromatic rings. The Kier molecular flexibility index (Phi) is 5.71. The van der Waals surface area contributed by atoms with Gasteiger partial charge in [-0.2, -0.15) is 0 Å². The van der Waals surface area contributed by atoms with E-state index in [1.54, 1.807) is 20.8 Å². The Bertz CT molecular complexity index is 850. The molecule has 0 heterocycles. The molecule has 0 fully saturated rings. The van der Waals surface area contributed by atoms with Crippen LogP contribution in [0, 0.1) is 19.8 Å². The number of carbonyl (C=O) groups is 3. The second kappa shape index (κ2) is 7.45. The molecule has 0 saturated carbocycles. The highest BCUT2D eigenvalue weighted by Crippen LogP contribution is 2.43. The minimum Gasteiger partial charge on any atom is -0.506 e. The zero-order chi connectivity index (χ0) is 19.8. The maximum atomic E-state index is 12.7. The normalized spacial score (nSPS) is 16.7. The highest BCUT2D eigenvalue weighted by atomic mass is 79.9. The predicted octanol–water partition coefficient (Wildman–Crippen LogP) is 3.56. The second-order valence-corrected chi connectivity index (χ2v) is 6.86. The first-order valence-electron chi connectivity index (χ1n) is 7.82. The van der Waals surface area contributed by atoms with E-state index in [4.69, 9.17) is 9.47 Å². The first-order chi connectivity index (χ1) is 12.1. The van der Waals surface area contributed by atoms with E-state index in [-0.39, 0.29) is 38.9 Å². The number of ketones is 2. The van der Waals surface area contributed by atoms with Crippen molar-refractivity contribution in [2.75, 3.05) is 7.11 Å². The van der Waals surface area contributed by atoms with Gasteiger partial charge in [0.2, 0.25) is 0 Å². The molecule has 0 saturated heterocycles. The number of halogens is 1. The van der Waals surface area contributed by atoms with Gasteiger partial charge in [-0.15, -0.1) is 0 Å². The van der Waals surface area contributed by atoms with Crippen molar-refractivity contribution in [1.29, 1.82) is 0 Å². The van der Waals surface area contributed by atoms with Gasteiger partial charge in [-0.05, 0) is 66.4 Å². The minimum atomic E-state index is -0.862. The van der Waals surface area contributed by atoms with E-state index in [9.17, 15) is 19.5 Å². The third-order valence-corrected chi connectivity index (χ3v) is 5.08. The van der Waals surface area contributed by atoms with Crippen LogP contribution >= 0.6 is 15.9 Å². The summed E-state index contributed by atoms with van der Waals surface area (Å²) in [6.45, 7) is 6.34. The van der Waals surface area contributed by atoms with Gasteiger partial charge in [0.15, 0.2) is 17.3 Å². The first kappa shape index (κ1) is 19.9. The fourth-order valence-electron chi connectivity index (χ4n) is 2.91. The highest BCUT2D eigenvalue weighted by Gasteiger charge is 2.33. The van der Waals surface area contributed by atoms with E-state index in [0.717, 1.165) is 0 Å². The van der Waals surface area contributed by atoms with Crippen molar-refractivity contribution in [2.24, 2.45) is 5.92 Å². The van der Waals surface area contributed by atoms with Gasteiger partial charge in [-0.1, -0.05) is 0 Å². The summed E-state index contributed by atoms with van der Waals surface area (Å²) in [6.07, 6.45) is 2.58. The summed E-state index contributed by atoms with van der Waals surface area (Å²) in [5.41, 5.74) is 1.74. The Morgan fingerprint density at radius 1 is 1.15 bits per heavy atom. The van der Waals surface area contributed by atoms with Gasteiger partial charge >= 0.3 is 5.97 Å². The van der Waals surface area contributed by atoms with Gasteiger partial charge in [0.1, 0.15) is 21.9 Å². The minimum absolute atomic E-state index is 0.121. The predicted molar refractivity (Wildman–Crippen MR) is 98.3 cm³/mol. The van der Waals surface area contributed by atoms with Crippen molar-refractivity contribution < 1.29 is 29.0 Å². The maximum Gasteiger partial charge on any atom is 0.326 e. The zero-order valence-corrected chi connectivity index (χ0v) is 16.7. The van der Waals surface area contributed by atoms with E-state index < -0.39 is 11.9 Å². The molecule has 0 aliphatic heterocycles. The smallest absolute Gasteiger partial charge is 0.326 e. The van der Waals surface area contributed by atoms with E-state index in [0.29, 0.717) is 16.7 Å². The van der Waals surface area contributed by atoms with Crippen LogP contribution in [0.15, 0.2) is 28.0 Å².